The average Bonchev–Trinajstić information content (AvgIpc) is 3.27. The van der Waals surface area contributed by atoms with Crippen molar-refractivity contribution >= 4 is 17.7 Å². The third-order valence-corrected chi connectivity index (χ3v) is 5.98. The number of ether oxygens (including phenoxy) is 1. The SMILES string of the molecule is Cc1ccccc1OC(=O)CSc1nc2c(c(-c3ccco3)c1C#N)CN(C)CC2. The molecule has 30 heavy (non-hydrogen) atoms. The standard InChI is InChI=1S/C23H21N3O3S/c1-15-6-3-4-7-19(15)29-21(27)14-30-23-16(12-24)22(20-8-5-11-28-20)17-13-26(2)10-9-18(17)25-23/h3-8,11H,9-10,13-14H2,1-2H3. The van der Waals surface area contributed by atoms with Gasteiger partial charge in [-0.15, -0.1) is 0 Å². The number of para-hydroxylation sites is 1. The van der Waals surface area contributed by atoms with Crippen molar-refractivity contribution in [1.29, 1.82) is 5.26 Å². The van der Waals surface area contributed by atoms with Crippen LogP contribution < -0.4 is 4.74 Å². The summed E-state index contributed by atoms with van der Waals surface area (Å²) in [5.41, 5.74) is 4.07. The highest BCUT2D eigenvalue weighted by Crippen LogP contribution is 2.37. The molecular weight excluding hydrogens is 398 g/mol. The van der Waals surface area contributed by atoms with E-state index in [9.17, 15) is 10.1 Å². The Balaban J connectivity index is 1.64. The van der Waals surface area contributed by atoms with E-state index in [1.54, 1.807) is 12.3 Å². The first kappa shape index (κ1) is 20.2. The molecule has 1 aliphatic rings. The minimum absolute atomic E-state index is 0.0618. The Morgan fingerprint density at radius 2 is 2.17 bits per heavy atom. The number of rotatable bonds is 5. The Morgan fingerprint density at radius 3 is 2.90 bits per heavy atom. The molecule has 0 amide bonds. The normalized spacial score (nSPS) is 13.5. The van der Waals surface area contributed by atoms with Gasteiger partial charge in [0.1, 0.15) is 22.6 Å². The molecule has 0 fully saturated rings. The molecule has 1 aromatic carbocycles. The van der Waals surface area contributed by atoms with Crippen LogP contribution in [-0.2, 0) is 17.8 Å². The molecule has 0 atom stereocenters. The van der Waals surface area contributed by atoms with Crippen LogP contribution in [0, 0.1) is 18.3 Å². The maximum atomic E-state index is 12.4. The molecule has 0 spiro atoms. The van der Waals surface area contributed by atoms with Crippen LogP contribution in [0.4, 0.5) is 0 Å². The highest BCUT2D eigenvalue weighted by molar-refractivity contribution is 7.99. The van der Waals surface area contributed by atoms with Gasteiger partial charge in [0, 0.05) is 36.3 Å². The van der Waals surface area contributed by atoms with Crippen LogP contribution in [0.5, 0.6) is 5.75 Å². The lowest BCUT2D eigenvalue weighted by Gasteiger charge is -2.27. The van der Waals surface area contributed by atoms with E-state index in [4.69, 9.17) is 14.1 Å². The quantitative estimate of drug-likeness (QED) is 0.348. The number of esters is 1. The maximum absolute atomic E-state index is 12.4. The topological polar surface area (TPSA) is 79.4 Å². The Kier molecular flexibility index (Phi) is 5.88. The van der Waals surface area contributed by atoms with Gasteiger partial charge in [0.05, 0.1) is 17.6 Å². The van der Waals surface area contributed by atoms with Crippen molar-refractivity contribution in [2.75, 3.05) is 19.3 Å². The van der Waals surface area contributed by atoms with Crippen molar-refractivity contribution in [1.82, 2.24) is 9.88 Å². The molecule has 4 rings (SSSR count). The van der Waals surface area contributed by atoms with E-state index in [1.807, 2.05) is 44.3 Å². The number of nitrogens with zero attached hydrogens (tertiary/aromatic N) is 3. The fourth-order valence-electron chi connectivity index (χ4n) is 3.52. The van der Waals surface area contributed by atoms with Crippen LogP contribution in [0.1, 0.15) is 22.4 Å². The third kappa shape index (κ3) is 4.11. The third-order valence-electron chi connectivity index (χ3n) is 5.03. The molecule has 3 aromatic rings. The van der Waals surface area contributed by atoms with E-state index in [0.29, 0.717) is 28.6 Å². The van der Waals surface area contributed by atoms with Crippen LogP contribution in [0.2, 0.25) is 0 Å². The molecule has 1 aliphatic heterocycles. The lowest BCUT2D eigenvalue weighted by atomic mass is 9.95. The van der Waals surface area contributed by atoms with Crippen LogP contribution in [0.15, 0.2) is 52.1 Å². The summed E-state index contributed by atoms with van der Waals surface area (Å²) in [6.45, 7) is 3.48. The fraction of sp³-hybridized carbons (Fsp3) is 0.261. The molecule has 2 aromatic heterocycles. The molecule has 152 valence electrons. The number of thioether (sulfide) groups is 1. The van der Waals surface area contributed by atoms with Gasteiger partial charge < -0.3 is 14.1 Å². The van der Waals surface area contributed by atoms with Gasteiger partial charge in [-0.3, -0.25) is 4.79 Å². The second-order valence-corrected chi connectivity index (χ2v) is 8.16. The van der Waals surface area contributed by atoms with Gasteiger partial charge in [0.15, 0.2) is 0 Å². The number of fused-ring (bicyclic) bond motifs is 1. The average molecular weight is 420 g/mol. The summed E-state index contributed by atoms with van der Waals surface area (Å²) in [6, 6.07) is 13.3. The minimum atomic E-state index is -0.378. The van der Waals surface area contributed by atoms with E-state index < -0.39 is 0 Å². The Morgan fingerprint density at radius 1 is 1.33 bits per heavy atom. The molecule has 0 radical (unpaired) electrons. The largest absolute Gasteiger partial charge is 0.464 e. The van der Waals surface area contributed by atoms with Crippen LogP contribution in [0.25, 0.3) is 11.3 Å². The van der Waals surface area contributed by atoms with Gasteiger partial charge in [0.2, 0.25) is 0 Å². The number of likely N-dealkylation sites (N-methyl/N-ethyl adjacent to an activating group) is 1. The summed E-state index contributed by atoms with van der Waals surface area (Å²) in [4.78, 5) is 19.4. The Bertz CT molecular complexity index is 1120. The molecular formula is C23H21N3O3S. The second-order valence-electron chi connectivity index (χ2n) is 7.20. The van der Waals surface area contributed by atoms with Gasteiger partial charge in [-0.1, -0.05) is 30.0 Å². The van der Waals surface area contributed by atoms with Crippen LogP contribution >= 0.6 is 11.8 Å². The number of hydrogen-bond donors (Lipinski definition) is 0. The summed E-state index contributed by atoms with van der Waals surface area (Å²) < 4.78 is 11.1. The van der Waals surface area contributed by atoms with Gasteiger partial charge in [-0.2, -0.15) is 5.26 Å². The fourth-order valence-corrected chi connectivity index (χ4v) is 4.30. The second kappa shape index (κ2) is 8.74. The molecule has 0 saturated carbocycles. The number of carbonyl (C=O) groups excluding carboxylic acids is 1. The predicted octanol–water partition coefficient (Wildman–Crippen LogP) is 4.21. The lowest BCUT2D eigenvalue weighted by molar-refractivity contribution is -0.131. The molecule has 7 heteroatoms. The van der Waals surface area contributed by atoms with Crippen molar-refractivity contribution in [2.45, 2.75) is 24.9 Å². The number of aryl methyl sites for hydroxylation is 1. The summed E-state index contributed by atoms with van der Waals surface area (Å²) in [5.74, 6) is 0.870. The zero-order chi connectivity index (χ0) is 21.1. The molecule has 0 aliphatic carbocycles. The first-order valence-corrected chi connectivity index (χ1v) is 10.6. The van der Waals surface area contributed by atoms with E-state index in [2.05, 4.69) is 11.0 Å². The van der Waals surface area contributed by atoms with E-state index in [1.165, 1.54) is 11.8 Å². The van der Waals surface area contributed by atoms with Crippen LogP contribution in [-0.4, -0.2) is 35.2 Å². The van der Waals surface area contributed by atoms with Crippen molar-refractivity contribution in [3.05, 3.63) is 65.0 Å². The molecule has 3 heterocycles. The van der Waals surface area contributed by atoms with Crippen molar-refractivity contribution in [2.24, 2.45) is 0 Å². The number of pyridine rings is 1. The highest BCUT2D eigenvalue weighted by Gasteiger charge is 2.26. The summed E-state index contributed by atoms with van der Waals surface area (Å²) in [7, 11) is 2.05. The highest BCUT2D eigenvalue weighted by atomic mass is 32.2. The molecule has 6 nitrogen and oxygen atoms in total. The van der Waals surface area contributed by atoms with E-state index >= 15 is 0 Å². The zero-order valence-electron chi connectivity index (χ0n) is 16.8. The molecule has 0 N–H and O–H groups in total. The van der Waals surface area contributed by atoms with E-state index in [0.717, 1.165) is 35.3 Å². The molecule has 0 unspecified atom stereocenters. The number of benzene rings is 1. The van der Waals surface area contributed by atoms with Crippen molar-refractivity contribution in [3.8, 4) is 23.1 Å². The number of furan rings is 1. The monoisotopic (exact) mass is 419 g/mol. The number of nitriles is 1. The van der Waals surface area contributed by atoms with Crippen molar-refractivity contribution in [3.63, 3.8) is 0 Å². The number of hydrogen-bond acceptors (Lipinski definition) is 7. The van der Waals surface area contributed by atoms with Crippen LogP contribution in [0.3, 0.4) is 0 Å². The first-order valence-electron chi connectivity index (χ1n) is 9.64. The predicted molar refractivity (Wildman–Crippen MR) is 114 cm³/mol. The molecule has 0 saturated heterocycles. The Hall–Kier alpha value is -3.08. The van der Waals surface area contributed by atoms with Gasteiger partial charge in [-0.25, -0.2) is 4.98 Å². The number of carbonyl (C=O) groups is 1. The zero-order valence-corrected chi connectivity index (χ0v) is 17.7. The lowest BCUT2D eigenvalue weighted by Crippen LogP contribution is -2.28. The first-order chi connectivity index (χ1) is 14.6. The maximum Gasteiger partial charge on any atom is 0.321 e. The van der Waals surface area contributed by atoms with Crippen molar-refractivity contribution < 1.29 is 13.9 Å². The van der Waals surface area contributed by atoms with Gasteiger partial charge >= 0.3 is 5.97 Å². The smallest absolute Gasteiger partial charge is 0.321 e. The minimum Gasteiger partial charge on any atom is -0.464 e. The van der Waals surface area contributed by atoms with Gasteiger partial charge in [0.25, 0.3) is 0 Å². The summed E-state index contributed by atoms with van der Waals surface area (Å²) >= 11 is 1.23. The summed E-state index contributed by atoms with van der Waals surface area (Å²) in [6.07, 6.45) is 2.38. The number of aromatic nitrogens is 1. The van der Waals surface area contributed by atoms with Gasteiger partial charge in [-0.05, 0) is 37.7 Å². The molecule has 0 bridgehead atoms. The van der Waals surface area contributed by atoms with E-state index in [-0.39, 0.29) is 11.7 Å². The summed E-state index contributed by atoms with van der Waals surface area (Å²) in [5, 5.41) is 10.5. The Labute approximate surface area is 179 Å².